The molecule has 2 aliphatic rings. The molecule has 2 saturated heterocycles. The summed E-state index contributed by atoms with van der Waals surface area (Å²) in [6.45, 7) is 17.0. The molecule has 10 nitrogen and oxygen atoms in total. The van der Waals surface area contributed by atoms with Crippen LogP contribution in [0.25, 0.3) is 34.4 Å². The fraction of sp³-hybridized carbons (Fsp3) is 0.423. The minimum atomic E-state index is -0.115. The summed E-state index contributed by atoms with van der Waals surface area (Å²) in [5.41, 5.74) is 7.06. The molecule has 2 heterocycles. The molecule has 0 saturated carbocycles. The first-order chi connectivity index (χ1) is 32.3. The van der Waals surface area contributed by atoms with Crippen LogP contribution in [0.15, 0.2) is 82.6 Å². The highest BCUT2D eigenvalue weighted by atomic mass is 35.5. The number of hydrogen-bond donors (Lipinski definition) is 2. The predicted octanol–water partition coefficient (Wildman–Crippen LogP) is 10.4. The first-order valence-corrected chi connectivity index (χ1v) is 25.3. The largest absolute Gasteiger partial charge is 0.394 e. The van der Waals surface area contributed by atoms with Gasteiger partial charge in [-0.05, 0) is 69.5 Å². The minimum Gasteiger partial charge on any atom is -0.394 e. The van der Waals surface area contributed by atoms with Crippen molar-refractivity contribution in [1.82, 2.24) is 19.6 Å². The zero-order valence-electron chi connectivity index (χ0n) is 38.8. The Morgan fingerprint density at radius 3 is 1.30 bits per heavy atom. The van der Waals surface area contributed by atoms with Gasteiger partial charge in [0.1, 0.15) is 0 Å². The summed E-state index contributed by atoms with van der Waals surface area (Å²) in [6.07, 6.45) is 6.71. The van der Waals surface area contributed by atoms with E-state index in [1.165, 1.54) is 11.8 Å². The molecular weight excluding hydrogens is 950 g/mol. The number of amides is 2. The molecule has 0 bridgehead atoms. The highest BCUT2D eigenvalue weighted by molar-refractivity contribution is 7.99. The van der Waals surface area contributed by atoms with Crippen LogP contribution >= 0.6 is 58.2 Å². The Labute approximate surface area is 420 Å². The molecule has 67 heavy (non-hydrogen) atoms. The number of ether oxygens (including phenoxy) is 2. The molecule has 0 atom stereocenters. The van der Waals surface area contributed by atoms with Gasteiger partial charge in [0.15, 0.2) is 0 Å². The van der Waals surface area contributed by atoms with Gasteiger partial charge < -0.3 is 29.5 Å². The molecule has 2 fully saturated rings. The van der Waals surface area contributed by atoms with E-state index in [1.807, 2.05) is 46.2 Å². The lowest BCUT2D eigenvalue weighted by atomic mass is 9.90. The molecule has 360 valence electrons. The number of rotatable bonds is 20. The second-order valence-electron chi connectivity index (χ2n) is 17.2. The Hall–Kier alpha value is -3.43. The van der Waals surface area contributed by atoms with Gasteiger partial charge in [-0.2, -0.15) is 0 Å². The van der Waals surface area contributed by atoms with Gasteiger partial charge in [-0.15, -0.1) is 0 Å². The highest BCUT2D eigenvalue weighted by Gasteiger charge is 2.25. The molecule has 4 aromatic carbocycles. The van der Waals surface area contributed by atoms with Gasteiger partial charge in [-0.1, -0.05) is 134 Å². The van der Waals surface area contributed by atoms with Crippen molar-refractivity contribution in [2.24, 2.45) is 0 Å². The van der Waals surface area contributed by atoms with E-state index in [1.54, 1.807) is 24.3 Å². The summed E-state index contributed by atoms with van der Waals surface area (Å²) in [5.74, 6) is 0.135. The lowest BCUT2D eigenvalue weighted by molar-refractivity contribution is -0.128. The molecule has 2 N–H and O–H groups in total. The van der Waals surface area contributed by atoms with Crippen molar-refractivity contribution in [3.63, 3.8) is 0 Å². The molecule has 0 unspecified atom stereocenters. The van der Waals surface area contributed by atoms with Gasteiger partial charge in [0.2, 0.25) is 11.8 Å². The third kappa shape index (κ3) is 13.9. The van der Waals surface area contributed by atoms with E-state index in [-0.39, 0.29) is 36.9 Å². The van der Waals surface area contributed by atoms with Gasteiger partial charge >= 0.3 is 0 Å². The van der Waals surface area contributed by atoms with Crippen molar-refractivity contribution in [3.05, 3.63) is 115 Å². The summed E-state index contributed by atoms with van der Waals surface area (Å²) in [6, 6.07) is 20.4. The number of carbonyl (C=O) groups excluding carboxylic acids is 2. The number of benzene rings is 4. The molecule has 15 heteroatoms. The fourth-order valence-electron chi connectivity index (χ4n) is 8.39. The molecule has 6 rings (SSSR count). The molecule has 4 aromatic rings. The number of aliphatic hydroxyl groups excluding tert-OH is 2. The molecule has 0 aromatic heterocycles. The maximum Gasteiger partial charge on any atom is 0.246 e. The van der Waals surface area contributed by atoms with E-state index >= 15 is 0 Å². The monoisotopic (exact) mass is 1010 g/mol. The smallest absolute Gasteiger partial charge is 0.246 e. The van der Waals surface area contributed by atoms with Crippen LogP contribution in [0, 0.1) is 0 Å². The maximum absolute atomic E-state index is 13.7. The zero-order chi connectivity index (χ0) is 48.0. The molecule has 0 spiro atoms. The van der Waals surface area contributed by atoms with Gasteiger partial charge in [-0.25, -0.2) is 0 Å². The van der Waals surface area contributed by atoms with E-state index in [2.05, 4.69) is 61.8 Å². The number of carbonyl (C=O) groups is 2. The number of aliphatic hydroxyl groups is 2. The number of hydrogen-bond acceptors (Lipinski definition) is 9. The van der Waals surface area contributed by atoms with Crippen LogP contribution in [0.3, 0.4) is 0 Å². The molecule has 0 radical (unpaired) electrons. The Bertz CT molecular complexity index is 2220. The Morgan fingerprint density at radius 2 is 0.940 bits per heavy atom. The second kappa shape index (κ2) is 26.0. The summed E-state index contributed by atoms with van der Waals surface area (Å²) in [5, 5.41) is 19.2. The average Bonchev–Trinajstić information content (AvgIpc) is 3.34. The standard InChI is InChI=1S/C52H62Cl4N4O6S/c1-35(2)37-9-5-7-11-39(37)43-33-45(51(55)49(53)41(43)13-15-47(63)59-21-17-57(18-22-59)25-29-65-31-27-61)67-46-34-44(40-12-8-6-10-38(40)36(3)4)42(50(54)52(46)56)14-16-48(64)60-23-19-58(20-24-60)26-30-66-32-28-62/h5-16,33-36,61-62H,17-32H2,1-4H3/b15-13+,16-14+. The number of nitrogens with zero attached hydrogens (tertiary/aromatic N) is 4. The predicted molar refractivity (Wildman–Crippen MR) is 276 cm³/mol. The van der Waals surface area contributed by atoms with Gasteiger partial charge in [0, 0.05) is 98.5 Å². The van der Waals surface area contributed by atoms with Crippen LogP contribution in [0.4, 0.5) is 0 Å². The van der Waals surface area contributed by atoms with Crippen molar-refractivity contribution in [1.29, 1.82) is 0 Å². The van der Waals surface area contributed by atoms with E-state index in [9.17, 15) is 9.59 Å². The van der Waals surface area contributed by atoms with Crippen LogP contribution in [0.2, 0.25) is 20.1 Å². The van der Waals surface area contributed by atoms with Crippen LogP contribution in [0.5, 0.6) is 0 Å². The molecule has 0 aliphatic carbocycles. The summed E-state index contributed by atoms with van der Waals surface area (Å²) in [7, 11) is 0. The Morgan fingerprint density at radius 1 is 0.567 bits per heavy atom. The van der Waals surface area contributed by atoms with Crippen molar-refractivity contribution >= 4 is 82.1 Å². The number of halogens is 4. The van der Waals surface area contributed by atoms with Crippen LogP contribution in [-0.2, 0) is 19.1 Å². The highest BCUT2D eigenvalue weighted by Crippen LogP contribution is 2.50. The third-order valence-corrected chi connectivity index (χ3v) is 15.2. The quantitative estimate of drug-likeness (QED) is 0.0661. The van der Waals surface area contributed by atoms with Crippen molar-refractivity contribution in [2.45, 2.75) is 49.3 Å². The fourth-order valence-corrected chi connectivity index (χ4v) is 10.6. The zero-order valence-corrected chi connectivity index (χ0v) is 42.6. The third-order valence-electron chi connectivity index (χ3n) is 12.1. The van der Waals surface area contributed by atoms with E-state index in [0.29, 0.717) is 93.6 Å². The van der Waals surface area contributed by atoms with Crippen LogP contribution in [-0.4, -0.2) is 147 Å². The van der Waals surface area contributed by atoms with Gasteiger partial charge in [0.25, 0.3) is 0 Å². The Kier molecular flexibility index (Phi) is 20.5. The van der Waals surface area contributed by atoms with E-state index in [0.717, 1.165) is 72.6 Å². The topological polar surface area (TPSA) is 106 Å². The van der Waals surface area contributed by atoms with Gasteiger partial charge in [0.05, 0.1) is 59.7 Å². The lowest BCUT2D eigenvalue weighted by Crippen LogP contribution is -2.49. The lowest BCUT2D eigenvalue weighted by Gasteiger charge is -2.34. The van der Waals surface area contributed by atoms with E-state index in [4.69, 9.17) is 66.1 Å². The Balaban J connectivity index is 1.34. The summed E-state index contributed by atoms with van der Waals surface area (Å²) in [4.78, 5) is 36.8. The van der Waals surface area contributed by atoms with Crippen molar-refractivity contribution < 1.29 is 29.3 Å². The normalized spacial score (nSPS) is 15.3. The summed E-state index contributed by atoms with van der Waals surface area (Å²) >= 11 is 30.4. The van der Waals surface area contributed by atoms with Crippen molar-refractivity contribution in [3.8, 4) is 22.3 Å². The first kappa shape index (κ1) is 52.9. The second-order valence-corrected chi connectivity index (χ2v) is 19.8. The average molecular weight is 1010 g/mol. The molecule has 2 aliphatic heterocycles. The van der Waals surface area contributed by atoms with E-state index < -0.39 is 0 Å². The maximum atomic E-state index is 13.7. The first-order valence-electron chi connectivity index (χ1n) is 23.0. The van der Waals surface area contributed by atoms with Crippen LogP contribution in [0.1, 0.15) is 61.8 Å². The number of piperazine rings is 2. The van der Waals surface area contributed by atoms with Gasteiger partial charge in [-0.3, -0.25) is 19.4 Å². The minimum absolute atomic E-state index is 0.00256. The van der Waals surface area contributed by atoms with Crippen LogP contribution < -0.4 is 0 Å². The molecule has 2 amide bonds. The summed E-state index contributed by atoms with van der Waals surface area (Å²) < 4.78 is 10.9. The van der Waals surface area contributed by atoms with Crippen molar-refractivity contribution in [2.75, 3.05) is 105 Å². The SMILES string of the molecule is CC(C)c1ccccc1-c1cc(Sc2cc(-c3ccccc3C(C)C)c(/C=C/C(=O)N3CCN(CCOCCO)CC3)c(Cl)c2Cl)c(Cl)c(Cl)c1/C=C/C(=O)N1CCN(CCOCCO)CC1. The molecular formula is C52H62Cl4N4O6S.